The van der Waals surface area contributed by atoms with Crippen LogP contribution in [0.4, 0.5) is 5.82 Å². The van der Waals surface area contributed by atoms with Gasteiger partial charge in [-0.2, -0.15) is 5.26 Å². The van der Waals surface area contributed by atoms with Crippen LogP contribution in [0.3, 0.4) is 0 Å². The number of pyridine rings is 1. The number of halogens is 1. The Morgan fingerprint density at radius 3 is 2.56 bits per heavy atom. The highest BCUT2D eigenvalue weighted by Gasteiger charge is 2.21. The van der Waals surface area contributed by atoms with Crippen molar-refractivity contribution in [2.24, 2.45) is 4.99 Å². The van der Waals surface area contributed by atoms with E-state index in [4.69, 9.17) is 5.26 Å². The normalized spacial score (nSPS) is 14.4. The maximum Gasteiger partial charge on any atom is 0.243 e. The summed E-state index contributed by atoms with van der Waals surface area (Å²) in [7, 11) is 3.46. The van der Waals surface area contributed by atoms with Crippen LogP contribution in [0.2, 0.25) is 0 Å². The number of rotatable bonds is 4. The van der Waals surface area contributed by atoms with Crippen LogP contribution in [0.25, 0.3) is 0 Å². The summed E-state index contributed by atoms with van der Waals surface area (Å²) in [4.78, 5) is 26.6. The lowest BCUT2D eigenvalue weighted by molar-refractivity contribution is -0.127. The van der Waals surface area contributed by atoms with Crippen LogP contribution in [0, 0.1) is 11.3 Å². The quantitative estimate of drug-likeness (QED) is 0.391. The number of likely N-dealkylation sites (N-methyl/N-ethyl adjacent to an activating group) is 1. The molecular weight excluding hydrogens is 457 g/mol. The van der Waals surface area contributed by atoms with Gasteiger partial charge in [0.1, 0.15) is 24.1 Å². The molecular formula is C18H28IN7O. The summed E-state index contributed by atoms with van der Waals surface area (Å²) in [5.41, 5.74) is 0.427. The molecule has 0 bridgehead atoms. The molecule has 1 amide bonds. The number of piperazine rings is 1. The largest absolute Gasteiger partial charge is 0.354 e. The molecule has 1 aromatic rings. The second kappa shape index (κ2) is 10.9. The monoisotopic (exact) mass is 485 g/mol. The van der Waals surface area contributed by atoms with Crippen LogP contribution in [0.5, 0.6) is 0 Å². The summed E-state index contributed by atoms with van der Waals surface area (Å²) in [6.45, 7) is 7.34. The van der Waals surface area contributed by atoms with Crippen LogP contribution in [-0.2, 0) is 4.79 Å². The highest BCUT2D eigenvalue weighted by Crippen LogP contribution is 2.14. The van der Waals surface area contributed by atoms with E-state index in [1.54, 1.807) is 25.1 Å². The molecule has 1 aliphatic rings. The SMILES string of the molecule is CC(C)NC(=NCC(=O)N(C)C)N1CCN(c2cccc(C#N)n2)CC1.I. The summed E-state index contributed by atoms with van der Waals surface area (Å²) in [5, 5.41) is 12.4. The van der Waals surface area contributed by atoms with Crippen molar-refractivity contribution in [1.29, 1.82) is 5.26 Å². The first-order chi connectivity index (χ1) is 12.4. The standard InChI is InChI=1S/C18H27N7O.HI/c1-14(2)21-18(20-13-17(26)23(3)4)25-10-8-24(9-11-25)16-7-5-6-15(12-19)22-16;/h5-7,14H,8-11,13H2,1-4H3,(H,20,21);1H. The fourth-order valence-electron chi connectivity index (χ4n) is 2.59. The van der Waals surface area contributed by atoms with Gasteiger partial charge in [-0.1, -0.05) is 6.07 Å². The number of aliphatic imine (C=N–C) groups is 1. The highest BCUT2D eigenvalue weighted by atomic mass is 127. The van der Waals surface area contributed by atoms with E-state index in [9.17, 15) is 4.79 Å². The Kier molecular flexibility index (Phi) is 9.28. The van der Waals surface area contributed by atoms with Crippen molar-refractivity contribution >= 4 is 41.7 Å². The lowest BCUT2D eigenvalue weighted by Gasteiger charge is -2.37. The third-order valence-corrected chi connectivity index (χ3v) is 4.03. The van der Waals surface area contributed by atoms with Crippen molar-refractivity contribution in [2.45, 2.75) is 19.9 Å². The number of carbonyl (C=O) groups excluding carboxylic acids is 1. The number of nitriles is 1. The molecule has 1 saturated heterocycles. The van der Waals surface area contributed by atoms with Gasteiger partial charge in [0.25, 0.3) is 0 Å². The van der Waals surface area contributed by atoms with E-state index in [0.29, 0.717) is 5.69 Å². The minimum atomic E-state index is -0.0239. The molecule has 0 unspecified atom stereocenters. The number of nitrogens with one attached hydrogen (secondary N) is 1. The molecule has 0 aromatic carbocycles. The topological polar surface area (TPSA) is 87.9 Å². The van der Waals surface area contributed by atoms with Gasteiger partial charge in [0.05, 0.1) is 0 Å². The third kappa shape index (κ3) is 6.86. The van der Waals surface area contributed by atoms with Crippen LogP contribution in [0.15, 0.2) is 23.2 Å². The van der Waals surface area contributed by atoms with Crippen LogP contribution < -0.4 is 10.2 Å². The Morgan fingerprint density at radius 1 is 1.33 bits per heavy atom. The van der Waals surface area contributed by atoms with E-state index in [-0.39, 0.29) is 42.5 Å². The fourth-order valence-corrected chi connectivity index (χ4v) is 2.59. The maximum atomic E-state index is 11.8. The molecule has 2 heterocycles. The average molecular weight is 485 g/mol. The molecule has 2 rings (SSSR count). The minimum Gasteiger partial charge on any atom is -0.354 e. The number of nitrogens with zero attached hydrogens (tertiary/aromatic N) is 6. The Labute approximate surface area is 178 Å². The minimum absolute atomic E-state index is 0. The summed E-state index contributed by atoms with van der Waals surface area (Å²) in [6, 6.07) is 7.80. The Morgan fingerprint density at radius 2 is 2.00 bits per heavy atom. The van der Waals surface area contributed by atoms with Crippen LogP contribution in [-0.4, -0.2) is 79.5 Å². The van der Waals surface area contributed by atoms with Crippen molar-refractivity contribution in [2.75, 3.05) is 51.7 Å². The molecule has 0 radical (unpaired) electrons. The number of carbonyl (C=O) groups is 1. The van der Waals surface area contributed by atoms with Gasteiger partial charge in [-0.25, -0.2) is 9.98 Å². The zero-order valence-corrected chi connectivity index (χ0v) is 18.7. The molecule has 1 fully saturated rings. The van der Waals surface area contributed by atoms with E-state index >= 15 is 0 Å². The molecule has 0 aliphatic carbocycles. The van der Waals surface area contributed by atoms with E-state index in [1.165, 1.54) is 0 Å². The van der Waals surface area contributed by atoms with Gasteiger partial charge >= 0.3 is 0 Å². The lowest BCUT2D eigenvalue weighted by atomic mass is 10.3. The molecule has 0 atom stereocenters. The fraction of sp³-hybridized carbons (Fsp3) is 0.556. The first-order valence-corrected chi connectivity index (χ1v) is 8.79. The molecule has 27 heavy (non-hydrogen) atoms. The second-order valence-corrected chi connectivity index (χ2v) is 6.69. The zero-order valence-electron chi connectivity index (χ0n) is 16.3. The molecule has 9 heteroatoms. The van der Waals surface area contributed by atoms with Gasteiger partial charge in [0, 0.05) is 46.3 Å². The molecule has 1 aliphatic heterocycles. The van der Waals surface area contributed by atoms with Crippen molar-refractivity contribution < 1.29 is 4.79 Å². The third-order valence-electron chi connectivity index (χ3n) is 4.03. The van der Waals surface area contributed by atoms with E-state index in [1.807, 2.05) is 12.1 Å². The summed E-state index contributed by atoms with van der Waals surface area (Å²) in [6.07, 6.45) is 0. The molecule has 1 N–H and O–H groups in total. The van der Waals surface area contributed by atoms with E-state index in [0.717, 1.165) is 38.0 Å². The predicted molar refractivity (Wildman–Crippen MR) is 117 cm³/mol. The first-order valence-electron chi connectivity index (χ1n) is 8.79. The van der Waals surface area contributed by atoms with Gasteiger partial charge in [0.2, 0.25) is 5.91 Å². The highest BCUT2D eigenvalue weighted by molar-refractivity contribution is 14.0. The number of hydrogen-bond acceptors (Lipinski definition) is 5. The second-order valence-electron chi connectivity index (χ2n) is 6.69. The van der Waals surface area contributed by atoms with Crippen molar-refractivity contribution in [3.05, 3.63) is 23.9 Å². The summed E-state index contributed by atoms with van der Waals surface area (Å²) in [5.74, 6) is 1.56. The zero-order chi connectivity index (χ0) is 19.1. The lowest BCUT2D eigenvalue weighted by Crippen LogP contribution is -2.54. The summed E-state index contributed by atoms with van der Waals surface area (Å²) < 4.78 is 0. The number of hydrogen-bond donors (Lipinski definition) is 1. The van der Waals surface area contributed by atoms with Crippen LogP contribution >= 0.6 is 24.0 Å². The molecule has 0 spiro atoms. The van der Waals surface area contributed by atoms with Gasteiger partial charge in [-0.15, -0.1) is 24.0 Å². The number of aromatic nitrogens is 1. The Balaban J connectivity index is 0.00000364. The van der Waals surface area contributed by atoms with Gasteiger partial charge in [-0.05, 0) is 26.0 Å². The van der Waals surface area contributed by atoms with Crippen molar-refractivity contribution in [3.8, 4) is 6.07 Å². The smallest absolute Gasteiger partial charge is 0.243 e. The van der Waals surface area contributed by atoms with E-state index < -0.39 is 0 Å². The number of amides is 1. The average Bonchev–Trinajstić information content (AvgIpc) is 2.64. The summed E-state index contributed by atoms with van der Waals surface area (Å²) >= 11 is 0. The first kappa shape index (κ1) is 23.0. The molecule has 8 nitrogen and oxygen atoms in total. The van der Waals surface area contributed by atoms with E-state index in [2.05, 4.69) is 45.0 Å². The molecule has 148 valence electrons. The molecule has 0 saturated carbocycles. The number of guanidine groups is 1. The van der Waals surface area contributed by atoms with Gasteiger partial charge in [-0.3, -0.25) is 4.79 Å². The van der Waals surface area contributed by atoms with Crippen LogP contribution in [0.1, 0.15) is 19.5 Å². The Bertz CT molecular complexity index is 691. The van der Waals surface area contributed by atoms with Crippen molar-refractivity contribution in [3.63, 3.8) is 0 Å². The van der Waals surface area contributed by atoms with Gasteiger partial charge in [0.15, 0.2) is 5.96 Å². The van der Waals surface area contributed by atoms with Crippen molar-refractivity contribution in [1.82, 2.24) is 20.1 Å². The predicted octanol–water partition coefficient (Wildman–Crippen LogP) is 1.14. The Hall–Kier alpha value is -2.09. The number of anilines is 1. The maximum absolute atomic E-state index is 11.8. The van der Waals surface area contributed by atoms with Gasteiger partial charge < -0.3 is 20.0 Å². The molecule has 1 aromatic heterocycles.